The molecule has 1 saturated heterocycles. The molecule has 1 aliphatic rings. The lowest BCUT2D eigenvalue weighted by Crippen LogP contribution is -2.39. The zero-order valence-corrected chi connectivity index (χ0v) is 11.8. The first-order valence-corrected chi connectivity index (χ1v) is 7.18. The van der Waals surface area contributed by atoms with Crippen LogP contribution in [0.15, 0.2) is 30.3 Å². The molecule has 0 unspecified atom stereocenters. The average Bonchev–Trinajstić information content (AvgIpc) is 2.40. The number of piperidine rings is 1. The molecule has 0 saturated carbocycles. The summed E-state index contributed by atoms with van der Waals surface area (Å²) >= 11 is 0. The topological polar surface area (TPSA) is 29.5 Å². The Morgan fingerprint density at radius 3 is 2.32 bits per heavy atom. The van der Waals surface area contributed by atoms with E-state index in [1.54, 1.807) is 0 Å². The Balaban J connectivity index is 2.19. The van der Waals surface area contributed by atoms with Gasteiger partial charge in [0.05, 0.1) is 6.10 Å². The fourth-order valence-electron chi connectivity index (χ4n) is 2.60. The normalized spacial score (nSPS) is 18.3. The Kier molecular flexibility index (Phi) is 4.97. The van der Waals surface area contributed by atoms with Gasteiger partial charge in [0, 0.05) is 0 Å². The van der Waals surface area contributed by atoms with Crippen LogP contribution < -0.4 is 0 Å². The van der Waals surface area contributed by atoms with Gasteiger partial charge in [-0.1, -0.05) is 36.8 Å². The van der Waals surface area contributed by atoms with Crippen molar-refractivity contribution in [1.29, 1.82) is 0 Å². The van der Waals surface area contributed by atoms with Gasteiger partial charge in [-0.2, -0.15) is 0 Å². The Morgan fingerprint density at radius 1 is 1.11 bits per heavy atom. The molecule has 0 radical (unpaired) electrons. The number of nitrogens with zero attached hydrogens (tertiary/aromatic N) is 1. The van der Waals surface area contributed by atoms with E-state index in [1.165, 1.54) is 6.42 Å². The molecular weight excluding hydrogens is 238 g/mol. The summed E-state index contributed by atoms with van der Waals surface area (Å²) in [6.07, 6.45) is 3.52. The van der Waals surface area contributed by atoms with Crippen molar-refractivity contribution in [3.8, 4) is 0 Å². The van der Waals surface area contributed by atoms with Gasteiger partial charge in [-0.3, -0.25) is 4.90 Å². The van der Waals surface area contributed by atoms with Crippen LogP contribution in [-0.4, -0.2) is 30.1 Å². The molecule has 0 spiro atoms. The van der Waals surface area contributed by atoms with Crippen molar-refractivity contribution in [2.24, 2.45) is 0 Å². The molecule has 0 bridgehead atoms. The van der Waals surface area contributed by atoms with Gasteiger partial charge < -0.3 is 4.74 Å². The first kappa shape index (κ1) is 14.1. The molecular formula is C16H23NO2. The highest BCUT2D eigenvalue weighted by Crippen LogP contribution is 2.26. The van der Waals surface area contributed by atoms with E-state index < -0.39 is 0 Å². The predicted molar refractivity (Wildman–Crippen MR) is 75.8 cm³/mol. The van der Waals surface area contributed by atoms with E-state index in [4.69, 9.17) is 4.74 Å². The van der Waals surface area contributed by atoms with Gasteiger partial charge >= 0.3 is 5.97 Å². The molecule has 1 fully saturated rings. The standard InChI is InChI=1S/C16H23NO2/c1-13(2)19-16(18)15(14-9-5-3-6-10-14)17-11-7-4-8-12-17/h3,5-6,9-10,13,15H,4,7-8,11-12H2,1-2H3/t15-/m0/s1. The third-order valence-electron chi connectivity index (χ3n) is 3.45. The monoisotopic (exact) mass is 261 g/mol. The molecule has 2 rings (SSSR count). The molecule has 1 aromatic carbocycles. The summed E-state index contributed by atoms with van der Waals surface area (Å²) in [5, 5.41) is 0. The van der Waals surface area contributed by atoms with Crippen LogP contribution in [0.2, 0.25) is 0 Å². The van der Waals surface area contributed by atoms with Crippen molar-refractivity contribution in [1.82, 2.24) is 4.90 Å². The summed E-state index contributed by atoms with van der Waals surface area (Å²) in [4.78, 5) is 14.6. The zero-order valence-electron chi connectivity index (χ0n) is 11.8. The van der Waals surface area contributed by atoms with Gasteiger partial charge in [-0.05, 0) is 45.3 Å². The minimum atomic E-state index is -0.246. The Labute approximate surface area is 115 Å². The van der Waals surface area contributed by atoms with Crippen molar-refractivity contribution >= 4 is 5.97 Å². The van der Waals surface area contributed by atoms with Crippen LogP contribution >= 0.6 is 0 Å². The first-order chi connectivity index (χ1) is 9.18. The number of carbonyl (C=O) groups is 1. The molecule has 0 amide bonds. The third-order valence-corrected chi connectivity index (χ3v) is 3.45. The van der Waals surface area contributed by atoms with E-state index in [9.17, 15) is 4.79 Å². The number of rotatable bonds is 4. The maximum atomic E-state index is 12.4. The second kappa shape index (κ2) is 6.71. The highest BCUT2D eigenvalue weighted by molar-refractivity contribution is 5.77. The lowest BCUT2D eigenvalue weighted by molar-refractivity contribution is -0.154. The Hall–Kier alpha value is -1.35. The molecule has 3 heteroatoms. The first-order valence-electron chi connectivity index (χ1n) is 7.18. The van der Waals surface area contributed by atoms with Crippen LogP contribution in [0.3, 0.4) is 0 Å². The number of likely N-dealkylation sites (tertiary alicyclic amines) is 1. The van der Waals surface area contributed by atoms with Gasteiger partial charge in [0.2, 0.25) is 0 Å². The molecule has 1 atom stereocenters. The summed E-state index contributed by atoms with van der Waals surface area (Å²) in [6, 6.07) is 9.72. The van der Waals surface area contributed by atoms with Gasteiger partial charge in [0.15, 0.2) is 0 Å². The Bertz CT molecular complexity index is 396. The highest BCUT2D eigenvalue weighted by Gasteiger charge is 2.30. The summed E-state index contributed by atoms with van der Waals surface area (Å²) in [7, 11) is 0. The van der Waals surface area contributed by atoms with E-state index in [0.717, 1.165) is 31.5 Å². The molecule has 1 aliphatic heterocycles. The van der Waals surface area contributed by atoms with E-state index in [1.807, 2.05) is 44.2 Å². The summed E-state index contributed by atoms with van der Waals surface area (Å²) < 4.78 is 5.44. The minimum absolute atomic E-state index is 0.0662. The molecule has 1 aromatic rings. The summed E-state index contributed by atoms with van der Waals surface area (Å²) in [6.45, 7) is 5.76. The zero-order chi connectivity index (χ0) is 13.7. The van der Waals surface area contributed by atoms with Gasteiger partial charge in [0.25, 0.3) is 0 Å². The maximum absolute atomic E-state index is 12.4. The van der Waals surface area contributed by atoms with E-state index in [2.05, 4.69) is 4.90 Å². The SMILES string of the molecule is CC(C)OC(=O)[C@H](c1ccccc1)N1CCCCC1. The fourth-order valence-corrected chi connectivity index (χ4v) is 2.60. The van der Waals surface area contributed by atoms with Crippen LogP contribution in [0.5, 0.6) is 0 Å². The maximum Gasteiger partial charge on any atom is 0.328 e. The van der Waals surface area contributed by atoms with Crippen LogP contribution in [0, 0.1) is 0 Å². The van der Waals surface area contributed by atoms with Crippen molar-refractivity contribution in [3.05, 3.63) is 35.9 Å². The number of hydrogen-bond donors (Lipinski definition) is 0. The second-order valence-corrected chi connectivity index (χ2v) is 5.40. The summed E-state index contributed by atoms with van der Waals surface area (Å²) in [5.74, 6) is -0.122. The molecule has 0 aromatic heterocycles. The van der Waals surface area contributed by atoms with Crippen LogP contribution in [-0.2, 0) is 9.53 Å². The second-order valence-electron chi connectivity index (χ2n) is 5.40. The van der Waals surface area contributed by atoms with Gasteiger partial charge in [-0.15, -0.1) is 0 Å². The van der Waals surface area contributed by atoms with Crippen molar-refractivity contribution < 1.29 is 9.53 Å². The van der Waals surface area contributed by atoms with Crippen LogP contribution in [0.25, 0.3) is 0 Å². The van der Waals surface area contributed by atoms with Crippen molar-refractivity contribution in [3.63, 3.8) is 0 Å². The quantitative estimate of drug-likeness (QED) is 0.780. The minimum Gasteiger partial charge on any atom is -0.462 e. The largest absolute Gasteiger partial charge is 0.462 e. The third kappa shape index (κ3) is 3.80. The number of hydrogen-bond acceptors (Lipinski definition) is 3. The van der Waals surface area contributed by atoms with Crippen LogP contribution in [0.1, 0.15) is 44.7 Å². The highest BCUT2D eigenvalue weighted by atomic mass is 16.5. The van der Waals surface area contributed by atoms with Gasteiger partial charge in [0.1, 0.15) is 6.04 Å². The number of benzene rings is 1. The lowest BCUT2D eigenvalue weighted by atomic mass is 10.0. The van der Waals surface area contributed by atoms with Gasteiger partial charge in [-0.25, -0.2) is 4.79 Å². The predicted octanol–water partition coefficient (Wildman–Crippen LogP) is 3.17. The smallest absolute Gasteiger partial charge is 0.328 e. The molecule has 19 heavy (non-hydrogen) atoms. The van der Waals surface area contributed by atoms with E-state index in [0.29, 0.717) is 0 Å². The molecule has 1 heterocycles. The molecule has 3 nitrogen and oxygen atoms in total. The molecule has 104 valence electrons. The lowest BCUT2D eigenvalue weighted by Gasteiger charge is -2.33. The number of carbonyl (C=O) groups excluding carboxylic acids is 1. The molecule has 0 aliphatic carbocycles. The number of esters is 1. The van der Waals surface area contributed by atoms with Crippen molar-refractivity contribution in [2.75, 3.05) is 13.1 Å². The van der Waals surface area contributed by atoms with Crippen molar-refractivity contribution in [2.45, 2.75) is 45.3 Å². The van der Waals surface area contributed by atoms with E-state index in [-0.39, 0.29) is 18.1 Å². The Morgan fingerprint density at radius 2 is 1.74 bits per heavy atom. The molecule has 0 N–H and O–H groups in total. The fraction of sp³-hybridized carbons (Fsp3) is 0.562. The summed E-state index contributed by atoms with van der Waals surface area (Å²) in [5.41, 5.74) is 1.04. The van der Waals surface area contributed by atoms with Crippen LogP contribution in [0.4, 0.5) is 0 Å². The number of ether oxygens (including phenoxy) is 1. The van der Waals surface area contributed by atoms with E-state index >= 15 is 0 Å². The average molecular weight is 261 g/mol.